The SMILES string of the molecule is C[C@@H]1SCCN(C(=O)Nc2ccccc2CCC(F)(F)F)[C@@H]1C. The number of hydrogen-bond acceptors (Lipinski definition) is 2. The van der Waals surface area contributed by atoms with E-state index >= 15 is 0 Å². The van der Waals surface area contributed by atoms with Crippen LogP contribution in [0.1, 0.15) is 25.8 Å². The minimum atomic E-state index is -4.20. The van der Waals surface area contributed by atoms with Crippen molar-refractivity contribution in [3.63, 3.8) is 0 Å². The van der Waals surface area contributed by atoms with Gasteiger partial charge in [0.15, 0.2) is 0 Å². The van der Waals surface area contributed by atoms with Gasteiger partial charge in [0, 0.05) is 35.7 Å². The van der Waals surface area contributed by atoms with Crippen molar-refractivity contribution in [3.05, 3.63) is 29.8 Å². The van der Waals surface area contributed by atoms with Gasteiger partial charge in [-0.2, -0.15) is 24.9 Å². The van der Waals surface area contributed by atoms with Gasteiger partial charge in [0.2, 0.25) is 0 Å². The lowest BCUT2D eigenvalue weighted by atomic mass is 10.1. The minimum Gasteiger partial charge on any atom is -0.320 e. The monoisotopic (exact) mass is 346 g/mol. The number of carbonyl (C=O) groups excluding carboxylic acids is 1. The molecular formula is C16H21F3N2OS. The molecule has 1 fully saturated rings. The third-order valence-electron chi connectivity index (χ3n) is 4.08. The fourth-order valence-corrected chi connectivity index (χ4v) is 3.64. The average Bonchev–Trinajstić information content (AvgIpc) is 2.48. The molecule has 1 aromatic carbocycles. The smallest absolute Gasteiger partial charge is 0.320 e. The second-order valence-electron chi connectivity index (χ2n) is 5.71. The topological polar surface area (TPSA) is 32.3 Å². The highest BCUT2D eigenvalue weighted by molar-refractivity contribution is 8.00. The van der Waals surface area contributed by atoms with Crippen molar-refractivity contribution in [1.82, 2.24) is 4.90 Å². The van der Waals surface area contributed by atoms with Gasteiger partial charge in [-0.3, -0.25) is 0 Å². The second-order valence-corrected chi connectivity index (χ2v) is 7.20. The molecule has 1 heterocycles. The van der Waals surface area contributed by atoms with E-state index in [1.54, 1.807) is 29.2 Å². The number of aryl methyl sites for hydroxylation is 1. The van der Waals surface area contributed by atoms with E-state index in [1.165, 1.54) is 0 Å². The van der Waals surface area contributed by atoms with E-state index in [1.807, 2.05) is 18.7 Å². The predicted molar refractivity (Wildman–Crippen MR) is 87.9 cm³/mol. The van der Waals surface area contributed by atoms with Gasteiger partial charge >= 0.3 is 12.2 Å². The summed E-state index contributed by atoms with van der Waals surface area (Å²) in [5, 5.41) is 3.12. The van der Waals surface area contributed by atoms with E-state index in [0.29, 0.717) is 23.0 Å². The molecule has 1 aliphatic heterocycles. The van der Waals surface area contributed by atoms with Crippen LogP contribution in [0.3, 0.4) is 0 Å². The van der Waals surface area contributed by atoms with Crippen molar-refractivity contribution in [2.75, 3.05) is 17.6 Å². The summed E-state index contributed by atoms with van der Waals surface area (Å²) in [6.07, 6.45) is -5.24. The Kier molecular flexibility index (Phi) is 5.84. The van der Waals surface area contributed by atoms with Crippen LogP contribution >= 0.6 is 11.8 Å². The number of carbonyl (C=O) groups is 1. The van der Waals surface area contributed by atoms with Crippen LogP contribution in [0, 0.1) is 0 Å². The van der Waals surface area contributed by atoms with E-state index in [9.17, 15) is 18.0 Å². The highest BCUT2D eigenvalue weighted by Crippen LogP contribution is 2.27. The molecule has 2 atom stereocenters. The summed E-state index contributed by atoms with van der Waals surface area (Å²) in [5.41, 5.74) is 0.963. The lowest BCUT2D eigenvalue weighted by Gasteiger charge is -2.37. The summed E-state index contributed by atoms with van der Waals surface area (Å²) in [5.74, 6) is 0.870. The molecule has 0 radical (unpaired) electrons. The number of halogens is 3. The fraction of sp³-hybridized carbons (Fsp3) is 0.562. The highest BCUT2D eigenvalue weighted by atomic mass is 32.2. The molecule has 2 amide bonds. The van der Waals surface area contributed by atoms with Crippen LogP contribution in [0.2, 0.25) is 0 Å². The van der Waals surface area contributed by atoms with E-state index < -0.39 is 12.6 Å². The maximum atomic E-state index is 12.5. The Bertz CT molecular complexity index is 550. The first-order valence-electron chi connectivity index (χ1n) is 7.62. The molecule has 1 aromatic rings. The van der Waals surface area contributed by atoms with Crippen molar-refractivity contribution in [2.24, 2.45) is 0 Å². The second kappa shape index (κ2) is 7.47. The van der Waals surface area contributed by atoms with Gasteiger partial charge in [-0.05, 0) is 25.0 Å². The fourth-order valence-electron chi connectivity index (χ4n) is 2.54. The first kappa shape index (κ1) is 18.0. The molecule has 0 bridgehead atoms. The van der Waals surface area contributed by atoms with E-state index in [0.717, 1.165) is 5.75 Å². The average molecular weight is 346 g/mol. The molecule has 0 saturated carbocycles. The first-order chi connectivity index (χ1) is 10.8. The number of alkyl halides is 3. The number of urea groups is 1. The number of para-hydroxylation sites is 1. The maximum Gasteiger partial charge on any atom is 0.389 e. The van der Waals surface area contributed by atoms with Gasteiger partial charge in [-0.15, -0.1) is 0 Å². The largest absolute Gasteiger partial charge is 0.389 e. The van der Waals surface area contributed by atoms with Gasteiger partial charge in [0.25, 0.3) is 0 Å². The van der Waals surface area contributed by atoms with Gasteiger partial charge in [0.1, 0.15) is 0 Å². The number of thioether (sulfide) groups is 1. The van der Waals surface area contributed by atoms with Gasteiger partial charge in [-0.1, -0.05) is 25.1 Å². The van der Waals surface area contributed by atoms with Crippen LogP contribution in [0.25, 0.3) is 0 Å². The van der Waals surface area contributed by atoms with Crippen molar-refractivity contribution in [1.29, 1.82) is 0 Å². The quantitative estimate of drug-likeness (QED) is 0.871. The summed E-state index contributed by atoms with van der Waals surface area (Å²) < 4.78 is 37.3. The van der Waals surface area contributed by atoms with Crippen LogP contribution in [-0.2, 0) is 6.42 Å². The molecule has 7 heteroatoms. The number of rotatable bonds is 3. The molecule has 1 saturated heterocycles. The molecule has 1 aliphatic rings. The number of anilines is 1. The summed E-state index contributed by atoms with van der Waals surface area (Å²) in [6, 6.07) is 6.52. The summed E-state index contributed by atoms with van der Waals surface area (Å²) in [7, 11) is 0. The lowest BCUT2D eigenvalue weighted by molar-refractivity contribution is -0.133. The molecule has 1 N–H and O–H groups in total. The number of nitrogens with one attached hydrogen (secondary N) is 1. The molecule has 0 aliphatic carbocycles. The van der Waals surface area contributed by atoms with Gasteiger partial charge in [0.05, 0.1) is 0 Å². The summed E-state index contributed by atoms with van der Waals surface area (Å²) in [6.45, 7) is 4.71. The standard InChI is InChI=1S/C16H21F3N2OS/c1-11-12(2)23-10-9-21(11)15(22)20-14-6-4-3-5-13(14)7-8-16(17,18)19/h3-6,11-12H,7-10H2,1-2H3,(H,20,22)/t11-,12+/m1/s1. The van der Waals surface area contributed by atoms with E-state index in [2.05, 4.69) is 12.2 Å². The Hall–Kier alpha value is -1.37. The molecule has 3 nitrogen and oxygen atoms in total. The molecular weight excluding hydrogens is 325 g/mol. The number of nitrogens with zero attached hydrogens (tertiary/aromatic N) is 1. The molecule has 2 rings (SSSR count). The summed E-state index contributed by atoms with van der Waals surface area (Å²) in [4.78, 5) is 14.2. The van der Waals surface area contributed by atoms with Gasteiger partial charge < -0.3 is 10.2 Å². The van der Waals surface area contributed by atoms with Crippen molar-refractivity contribution in [3.8, 4) is 0 Å². The maximum absolute atomic E-state index is 12.5. The van der Waals surface area contributed by atoms with E-state index in [4.69, 9.17) is 0 Å². The van der Waals surface area contributed by atoms with Gasteiger partial charge in [-0.25, -0.2) is 4.79 Å². The van der Waals surface area contributed by atoms with E-state index in [-0.39, 0.29) is 18.5 Å². The molecule has 23 heavy (non-hydrogen) atoms. The Morgan fingerprint density at radius 3 is 2.74 bits per heavy atom. The zero-order valence-electron chi connectivity index (χ0n) is 13.2. The first-order valence-corrected chi connectivity index (χ1v) is 8.66. The minimum absolute atomic E-state index is 0.0936. The van der Waals surface area contributed by atoms with Crippen LogP contribution in [0.5, 0.6) is 0 Å². The summed E-state index contributed by atoms with van der Waals surface area (Å²) >= 11 is 1.82. The third-order valence-corrected chi connectivity index (χ3v) is 5.42. The predicted octanol–water partition coefficient (Wildman–Crippen LogP) is 4.54. The van der Waals surface area contributed by atoms with Crippen molar-refractivity contribution >= 4 is 23.5 Å². The molecule has 128 valence electrons. The normalized spacial score (nSPS) is 22.0. The Labute approximate surface area is 138 Å². The van der Waals surface area contributed by atoms with Crippen molar-refractivity contribution < 1.29 is 18.0 Å². The van der Waals surface area contributed by atoms with Crippen molar-refractivity contribution in [2.45, 2.75) is 44.2 Å². The molecule has 0 spiro atoms. The van der Waals surface area contributed by atoms with Crippen LogP contribution in [0.15, 0.2) is 24.3 Å². The number of benzene rings is 1. The molecule has 0 unspecified atom stereocenters. The lowest BCUT2D eigenvalue weighted by Crippen LogP contribution is -2.49. The van der Waals surface area contributed by atoms with Crippen LogP contribution in [-0.4, -0.2) is 40.7 Å². The Balaban J connectivity index is 2.06. The number of amides is 2. The Morgan fingerprint density at radius 1 is 1.35 bits per heavy atom. The third kappa shape index (κ3) is 5.06. The van der Waals surface area contributed by atoms with Crippen LogP contribution in [0.4, 0.5) is 23.7 Å². The highest BCUT2D eigenvalue weighted by Gasteiger charge is 2.30. The zero-order valence-corrected chi connectivity index (χ0v) is 14.0. The Morgan fingerprint density at radius 2 is 2.04 bits per heavy atom. The van der Waals surface area contributed by atoms with Crippen LogP contribution < -0.4 is 5.32 Å². The molecule has 0 aromatic heterocycles. The number of hydrogen-bond donors (Lipinski definition) is 1. The zero-order chi connectivity index (χ0) is 17.0.